The molecule has 1 aromatic carbocycles. The number of hydrogen-bond acceptors (Lipinski definition) is 2. The first-order valence-electron chi connectivity index (χ1n) is 6.41. The molecule has 0 spiro atoms. The maximum Gasteiger partial charge on any atom is 0.0666 e. The van der Waals surface area contributed by atoms with Gasteiger partial charge in [-0.25, -0.2) is 0 Å². The summed E-state index contributed by atoms with van der Waals surface area (Å²) in [6.07, 6.45) is 0. The second kappa shape index (κ2) is 5.28. The molecule has 102 valence electrons. The first-order valence-corrected chi connectivity index (χ1v) is 7.67. The smallest absolute Gasteiger partial charge is 0.0666 e. The Morgan fingerprint density at radius 1 is 0.947 bits per heavy atom. The zero-order chi connectivity index (χ0) is 14.3. The highest BCUT2D eigenvalue weighted by atomic mass is 35.5. The van der Waals surface area contributed by atoms with Crippen LogP contribution in [-0.4, -0.2) is 0 Å². The lowest BCUT2D eigenvalue weighted by molar-refractivity contribution is 0.861. The van der Waals surface area contributed by atoms with Crippen LogP contribution >= 0.6 is 22.9 Å². The summed E-state index contributed by atoms with van der Waals surface area (Å²) in [4.78, 5) is 1.05. The molecule has 0 aliphatic heterocycles. The molecule has 0 radical (unpaired) electrons. The van der Waals surface area contributed by atoms with Gasteiger partial charge >= 0.3 is 0 Å². The van der Waals surface area contributed by atoms with Gasteiger partial charge in [-0.1, -0.05) is 11.6 Å². The number of rotatable bonds is 2. The van der Waals surface area contributed by atoms with Crippen LogP contribution < -0.4 is 5.73 Å². The van der Waals surface area contributed by atoms with Crippen LogP contribution in [-0.2, 0) is 0 Å². The molecule has 1 aromatic heterocycles. The summed E-state index contributed by atoms with van der Waals surface area (Å²) < 4.78 is 0. The van der Waals surface area contributed by atoms with Gasteiger partial charge in [-0.3, -0.25) is 0 Å². The average molecular weight is 294 g/mol. The van der Waals surface area contributed by atoms with E-state index in [0.29, 0.717) is 0 Å². The Labute approximate surface area is 124 Å². The van der Waals surface area contributed by atoms with Crippen molar-refractivity contribution in [3.8, 4) is 0 Å². The SMILES string of the molecule is Cc1c(C)c(C)c(C(N)c2sccc2Cl)c(C)c1C. The van der Waals surface area contributed by atoms with E-state index in [4.69, 9.17) is 17.3 Å². The largest absolute Gasteiger partial charge is 0.320 e. The fraction of sp³-hybridized carbons (Fsp3) is 0.375. The zero-order valence-electron chi connectivity index (χ0n) is 12.1. The highest BCUT2D eigenvalue weighted by molar-refractivity contribution is 7.10. The lowest BCUT2D eigenvalue weighted by atomic mass is 9.86. The third-order valence-electron chi connectivity index (χ3n) is 4.30. The minimum Gasteiger partial charge on any atom is -0.320 e. The van der Waals surface area contributed by atoms with Crippen LogP contribution in [0, 0.1) is 34.6 Å². The summed E-state index contributed by atoms with van der Waals surface area (Å²) in [6.45, 7) is 10.8. The van der Waals surface area contributed by atoms with Crippen LogP contribution in [0.3, 0.4) is 0 Å². The molecule has 3 heteroatoms. The topological polar surface area (TPSA) is 26.0 Å². The second-order valence-corrected chi connectivity index (χ2v) is 6.50. The number of benzene rings is 1. The Kier molecular flexibility index (Phi) is 4.05. The summed E-state index contributed by atoms with van der Waals surface area (Å²) in [5.74, 6) is 0. The summed E-state index contributed by atoms with van der Waals surface area (Å²) in [5.41, 5.74) is 14.3. The summed E-state index contributed by atoms with van der Waals surface area (Å²) >= 11 is 7.86. The predicted octanol–water partition coefficient (Wildman–Crippen LogP) is 4.99. The monoisotopic (exact) mass is 293 g/mol. The Balaban J connectivity index is 2.67. The lowest BCUT2D eigenvalue weighted by Crippen LogP contribution is -2.16. The Hall–Kier alpha value is -0.830. The maximum absolute atomic E-state index is 6.48. The Morgan fingerprint density at radius 3 is 1.84 bits per heavy atom. The van der Waals surface area contributed by atoms with E-state index in [1.807, 2.05) is 11.4 Å². The molecule has 0 fully saturated rings. The number of halogens is 1. The highest BCUT2D eigenvalue weighted by Crippen LogP contribution is 2.37. The molecule has 1 unspecified atom stereocenters. The molecule has 1 heterocycles. The van der Waals surface area contributed by atoms with Crippen LogP contribution in [0.25, 0.3) is 0 Å². The molecule has 0 saturated heterocycles. The first-order chi connectivity index (χ1) is 8.86. The van der Waals surface area contributed by atoms with Crippen molar-refractivity contribution >= 4 is 22.9 Å². The van der Waals surface area contributed by atoms with E-state index in [-0.39, 0.29) is 6.04 Å². The minimum atomic E-state index is -0.134. The van der Waals surface area contributed by atoms with Gasteiger partial charge in [0.2, 0.25) is 0 Å². The molecule has 0 aliphatic carbocycles. The van der Waals surface area contributed by atoms with Crippen LogP contribution in [0.1, 0.15) is 44.3 Å². The molecule has 2 aromatic rings. The van der Waals surface area contributed by atoms with Crippen LogP contribution in [0.4, 0.5) is 0 Å². The molecule has 0 saturated carbocycles. The molecule has 1 atom stereocenters. The van der Waals surface area contributed by atoms with Gasteiger partial charge in [0.25, 0.3) is 0 Å². The Morgan fingerprint density at radius 2 is 1.42 bits per heavy atom. The molecule has 19 heavy (non-hydrogen) atoms. The van der Waals surface area contributed by atoms with E-state index in [1.165, 1.54) is 33.4 Å². The summed E-state index contributed by atoms with van der Waals surface area (Å²) in [7, 11) is 0. The molecule has 1 nitrogen and oxygen atoms in total. The van der Waals surface area contributed by atoms with Crippen LogP contribution in [0.5, 0.6) is 0 Å². The molecule has 0 bridgehead atoms. The molecular formula is C16H20ClNS. The van der Waals surface area contributed by atoms with Gasteiger partial charge in [0, 0.05) is 4.88 Å². The van der Waals surface area contributed by atoms with Crippen LogP contribution in [0.2, 0.25) is 5.02 Å². The van der Waals surface area contributed by atoms with Crippen molar-refractivity contribution in [2.75, 3.05) is 0 Å². The lowest BCUT2D eigenvalue weighted by Gasteiger charge is -2.23. The van der Waals surface area contributed by atoms with Crippen molar-refractivity contribution < 1.29 is 0 Å². The van der Waals surface area contributed by atoms with Crippen molar-refractivity contribution in [1.82, 2.24) is 0 Å². The van der Waals surface area contributed by atoms with Gasteiger partial charge in [0.05, 0.1) is 11.1 Å². The quantitative estimate of drug-likeness (QED) is 0.829. The molecule has 2 rings (SSSR count). The van der Waals surface area contributed by atoms with E-state index in [0.717, 1.165) is 9.90 Å². The molecule has 2 N–H and O–H groups in total. The summed E-state index contributed by atoms with van der Waals surface area (Å²) in [5, 5.41) is 2.77. The summed E-state index contributed by atoms with van der Waals surface area (Å²) in [6, 6.07) is 1.78. The van der Waals surface area contributed by atoms with Gasteiger partial charge in [0.1, 0.15) is 0 Å². The van der Waals surface area contributed by atoms with Crippen molar-refractivity contribution in [1.29, 1.82) is 0 Å². The fourth-order valence-electron chi connectivity index (χ4n) is 2.65. The first kappa shape index (κ1) is 14.6. The van der Waals surface area contributed by atoms with Gasteiger partial charge in [-0.05, 0) is 79.4 Å². The fourth-order valence-corrected chi connectivity index (χ4v) is 3.84. The van der Waals surface area contributed by atoms with E-state index in [9.17, 15) is 0 Å². The van der Waals surface area contributed by atoms with Crippen molar-refractivity contribution in [2.24, 2.45) is 5.73 Å². The zero-order valence-corrected chi connectivity index (χ0v) is 13.7. The van der Waals surface area contributed by atoms with Crippen molar-refractivity contribution in [3.63, 3.8) is 0 Å². The number of thiophene rings is 1. The molecule has 0 amide bonds. The van der Waals surface area contributed by atoms with E-state index >= 15 is 0 Å². The van der Waals surface area contributed by atoms with E-state index < -0.39 is 0 Å². The average Bonchev–Trinajstić information content (AvgIpc) is 2.80. The molecule has 0 aliphatic rings. The normalized spacial score (nSPS) is 12.8. The highest BCUT2D eigenvalue weighted by Gasteiger charge is 2.21. The standard InChI is InChI=1S/C16H20ClNS/c1-8-9(2)11(4)14(12(5)10(8)3)15(18)16-13(17)6-7-19-16/h6-7,15H,18H2,1-5H3. The van der Waals surface area contributed by atoms with Gasteiger partial charge in [-0.15, -0.1) is 11.3 Å². The maximum atomic E-state index is 6.48. The third-order valence-corrected chi connectivity index (χ3v) is 5.74. The number of hydrogen-bond donors (Lipinski definition) is 1. The van der Waals surface area contributed by atoms with E-state index in [2.05, 4.69) is 34.6 Å². The minimum absolute atomic E-state index is 0.134. The third kappa shape index (κ3) is 2.33. The predicted molar refractivity (Wildman–Crippen MR) is 85.5 cm³/mol. The number of nitrogens with two attached hydrogens (primary N) is 1. The Bertz CT molecular complexity index is 599. The van der Waals surface area contributed by atoms with Gasteiger partial charge < -0.3 is 5.73 Å². The van der Waals surface area contributed by atoms with Crippen molar-refractivity contribution in [2.45, 2.75) is 40.7 Å². The second-order valence-electron chi connectivity index (χ2n) is 5.15. The van der Waals surface area contributed by atoms with Gasteiger partial charge in [-0.2, -0.15) is 0 Å². The van der Waals surface area contributed by atoms with E-state index in [1.54, 1.807) is 11.3 Å². The van der Waals surface area contributed by atoms with Crippen molar-refractivity contribution in [3.05, 3.63) is 54.7 Å². The molecular weight excluding hydrogens is 274 g/mol. The van der Waals surface area contributed by atoms with Crippen LogP contribution in [0.15, 0.2) is 11.4 Å². The van der Waals surface area contributed by atoms with Gasteiger partial charge in [0.15, 0.2) is 0 Å².